The van der Waals surface area contributed by atoms with Gasteiger partial charge in [0.2, 0.25) is 0 Å². The van der Waals surface area contributed by atoms with E-state index in [9.17, 15) is 4.79 Å². The highest BCUT2D eigenvalue weighted by molar-refractivity contribution is 9.10. The summed E-state index contributed by atoms with van der Waals surface area (Å²) in [6, 6.07) is 6.63. The van der Waals surface area contributed by atoms with Crippen LogP contribution in [0.2, 0.25) is 0 Å². The number of aromatic nitrogens is 1. The van der Waals surface area contributed by atoms with Gasteiger partial charge in [-0.05, 0) is 34.1 Å². The Hall–Kier alpha value is -1.86. The van der Waals surface area contributed by atoms with Crippen LogP contribution in [0.1, 0.15) is 16.2 Å². The average Bonchev–Trinajstić information content (AvgIpc) is 2.82. The Balaban J connectivity index is 2.11. The molecular weight excluding hydrogens is 314 g/mol. The lowest BCUT2D eigenvalue weighted by Crippen LogP contribution is -2.12. The van der Waals surface area contributed by atoms with Crippen LogP contribution < -0.4 is 11.1 Å². The van der Waals surface area contributed by atoms with Gasteiger partial charge in [-0.25, -0.2) is 0 Å². The van der Waals surface area contributed by atoms with E-state index in [2.05, 4.69) is 26.4 Å². The Kier molecular flexibility index (Phi) is 4.18. The van der Waals surface area contributed by atoms with E-state index in [4.69, 9.17) is 15.0 Å². The first-order valence-electron chi connectivity index (χ1n) is 5.41. The zero-order valence-electron chi connectivity index (χ0n) is 10.1. The van der Waals surface area contributed by atoms with E-state index in [0.29, 0.717) is 21.6 Å². The standard InChI is InChI=1S/C12H12BrN3O3/c1-18-6-8-5-11(16-19-8)12(17)15-10-3-2-7(14)4-9(10)13/h2-5H,6,14H2,1H3,(H,15,17). The Morgan fingerprint density at radius 1 is 1.53 bits per heavy atom. The van der Waals surface area contributed by atoms with E-state index in [1.54, 1.807) is 18.2 Å². The zero-order valence-corrected chi connectivity index (χ0v) is 11.7. The van der Waals surface area contributed by atoms with Crippen molar-refractivity contribution in [3.63, 3.8) is 0 Å². The summed E-state index contributed by atoms with van der Waals surface area (Å²) in [7, 11) is 1.54. The molecule has 19 heavy (non-hydrogen) atoms. The minimum Gasteiger partial charge on any atom is -0.399 e. The Morgan fingerprint density at radius 2 is 2.32 bits per heavy atom. The average molecular weight is 326 g/mol. The van der Waals surface area contributed by atoms with E-state index in [1.165, 1.54) is 13.2 Å². The fourth-order valence-electron chi connectivity index (χ4n) is 1.45. The predicted octanol–water partition coefficient (Wildman–Crippen LogP) is 2.42. The predicted molar refractivity (Wildman–Crippen MR) is 73.7 cm³/mol. The highest BCUT2D eigenvalue weighted by Gasteiger charge is 2.13. The van der Waals surface area contributed by atoms with Gasteiger partial charge in [0.05, 0.1) is 5.69 Å². The maximum atomic E-state index is 11.9. The molecule has 1 amide bonds. The van der Waals surface area contributed by atoms with Crippen molar-refractivity contribution in [2.45, 2.75) is 6.61 Å². The molecule has 0 aliphatic carbocycles. The summed E-state index contributed by atoms with van der Waals surface area (Å²) in [5, 5.41) is 6.38. The summed E-state index contributed by atoms with van der Waals surface area (Å²) >= 11 is 3.32. The summed E-state index contributed by atoms with van der Waals surface area (Å²) in [6.07, 6.45) is 0. The van der Waals surface area contributed by atoms with Crippen molar-refractivity contribution < 1.29 is 14.1 Å². The SMILES string of the molecule is COCc1cc(C(=O)Nc2ccc(N)cc2Br)no1. The first-order chi connectivity index (χ1) is 9.10. The van der Waals surface area contributed by atoms with Crippen LogP contribution >= 0.6 is 15.9 Å². The summed E-state index contributed by atoms with van der Waals surface area (Å²) in [5.74, 6) is 0.126. The summed E-state index contributed by atoms with van der Waals surface area (Å²) in [5.41, 5.74) is 7.02. The molecule has 1 heterocycles. The van der Waals surface area contributed by atoms with Crippen LogP contribution in [0.5, 0.6) is 0 Å². The Labute approximate surface area is 118 Å². The molecule has 0 aliphatic rings. The molecule has 0 saturated heterocycles. The number of hydrogen-bond donors (Lipinski definition) is 2. The molecule has 6 nitrogen and oxygen atoms in total. The number of halogens is 1. The van der Waals surface area contributed by atoms with Crippen LogP contribution in [0.3, 0.4) is 0 Å². The van der Waals surface area contributed by atoms with Gasteiger partial charge in [-0.15, -0.1) is 0 Å². The van der Waals surface area contributed by atoms with Crippen LogP contribution in [-0.2, 0) is 11.3 Å². The van der Waals surface area contributed by atoms with Gasteiger partial charge < -0.3 is 20.3 Å². The van der Waals surface area contributed by atoms with Gasteiger partial charge in [0, 0.05) is 23.3 Å². The molecule has 1 aromatic heterocycles. The van der Waals surface area contributed by atoms with Crippen molar-refractivity contribution >= 4 is 33.2 Å². The second-order valence-electron chi connectivity index (χ2n) is 3.80. The number of amides is 1. The fourth-order valence-corrected chi connectivity index (χ4v) is 1.94. The van der Waals surface area contributed by atoms with Crippen molar-refractivity contribution in [1.82, 2.24) is 5.16 Å². The van der Waals surface area contributed by atoms with Crippen molar-refractivity contribution in [3.05, 3.63) is 40.2 Å². The molecule has 0 atom stereocenters. The number of benzene rings is 1. The summed E-state index contributed by atoms with van der Waals surface area (Å²) < 4.78 is 10.5. The number of nitrogens with one attached hydrogen (secondary N) is 1. The smallest absolute Gasteiger partial charge is 0.277 e. The molecule has 100 valence electrons. The number of nitrogens with two attached hydrogens (primary N) is 1. The largest absolute Gasteiger partial charge is 0.399 e. The molecule has 0 bridgehead atoms. The number of methoxy groups -OCH3 is 1. The monoisotopic (exact) mass is 325 g/mol. The second-order valence-corrected chi connectivity index (χ2v) is 4.66. The molecule has 0 aliphatic heterocycles. The molecular formula is C12H12BrN3O3. The molecule has 0 radical (unpaired) electrons. The third kappa shape index (κ3) is 3.33. The highest BCUT2D eigenvalue weighted by Crippen LogP contribution is 2.25. The number of rotatable bonds is 4. The first-order valence-corrected chi connectivity index (χ1v) is 6.20. The molecule has 7 heteroatoms. The van der Waals surface area contributed by atoms with Gasteiger partial charge in [-0.2, -0.15) is 0 Å². The van der Waals surface area contributed by atoms with Crippen molar-refractivity contribution in [2.24, 2.45) is 0 Å². The number of hydrogen-bond acceptors (Lipinski definition) is 5. The fraction of sp³-hybridized carbons (Fsp3) is 0.167. The molecule has 2 rings (SSSR count). The van der Waals surface area contributed by atoms with Gasteiger partial charge in [-0.1, -0.05) is 5.16 Å². The number of carbonyl (C=O) groups excluding carboxylic acids is 1. The van der Waals surface area contributed by atoms with Gasteiger partial charge in [0.15, 0.2) is 11.5 Å². The lowest BCUT2D eigenvalue weighted by atomic mass is 10.2. The first kappa shape index (κ1) is 13.6. The minimum absolute atomic E-state index is 0.191. The van der Waals surface area contributed by atoms with Gasteiger partial charge in [-0.3, -0.25) is 4.79 Å². The molecule has 0 saturated carbocycles. The number of anilines is 2. The minimum atomic E-state index is -0.364. The van der Waals surface area contributed by atoms with Crippen LogP contribution in [0, 0.1) is 0 Å². The van der Waals surface area contributed by atoms with Crippen molar-refractivity contribution in [1.29, 1.82) is 0 Å². The Morgan fingerprint density at radius 3 is 3.00 bits per heavy atom. The Bertz CT molecular complexity index is 598. The normalized spacial score (nSPS) is 10.4. The molecule has 0 unspecified atom stereocenters. The zero-order chi connectivity index (χ0) is 13.8. The highest BCUT2D eigenvalue weighted by atomic mass is 79.9. The summed E-state index contributed by atoms with van der Waals surface area (Å²) in [6.45, 7) is 0.270. The third-order valence-corrected chi connectivity index (χ3v) is 2.98. The number of nitrogens with zero attached hydrogens (tertiary/aromatic N) is 1. The number of nitrogen functional groups attached to an aromatic ring is 1. The van der Waals surface area contributed by atoms with Crippen LogP contribution in [0.4, 0.5) is 11.4 Å². The molecule has 0 spiro atoms. The van der Waals surface area contributed by atoms with Crippen LogP contribution in [0.25, 0.3) is 0 Å². The van der Waals surface area contributed by atoms with E-state index in [0.717, 1.165) is 0 Å². The van der Waals surface area contributed by atoms with Crippen LogP contribution in [0.15, 0.2) is 33.3 Å². The lowest BCUT2D eigenvalue weighted by molar-refractivity contribution is 0.101. The number of carbonyl (C=O) groups is 1. The van der Waals surface area contributed by atoms with E-state index < -0.39 is 0 Å². The van der Waals surface area contributed by atoms with Crippen LogP contribution in [-0.4, -0.2) is 18.2 Å². The van der Waals surface area contributed by atoms with E-state index in [-0.39, 0.29) is 18.2 Å². The quantitative estimate of drug-likeness (QED) is 0.842. The van der Waals surface area contributed by atoms with E-state index >= 15 is 0 Å². The van der Waals surface area contributed by atoms with Crippen molar-refractivity contribution in [3.8, 4) is 0 Å². The maximum Gasteiger partial charge on any atom is 0.277 e. The lowest BCUT2D eigenvalue weighted by Gasteiger charge is -2.05. The maximum absolute atomic E-state index is 11.9. The van der Waals surface area contributed by atoms with Gasteiger partial charge >= 0.3 is 0 Å². The number of ether oxygens (including phenoxy) is 1. The van der Waals surface area contributed by atoms with E-state index in [1.807, 2.05) is 0 Å². The van der Waals surface area contributed by atoms with Crippen molar-refractivity contribution in [2.75, 3.05) is 18.2 Å². The summed E-state index contributed by atoms with van der Waals surface area (Å²) in [4.78, 5) is 11.9. The molecule has 2 aromatic rings. The topological polar surface area (TPSA) is 90.4 Å². The molecule has 3 N–H and O–H groups in total. The third-order valence-electron chi connectivity index (χ3n) is 2.32. The second kappa shape index (κ2) is 5.85. The molecule has 0 fully saturated rings. The van der Waals surface area contributed by atoms with Gasteiger partial charge in [0.25, 0.3) is 5.91 Å². The van der Waals surface area contributed by atoms with Gasteiger partial charge in [0.1, 0.15) is 6.61 Å². The molecule has 1 aromatic carbocycles.